The second kappa shape index (κ2) is 25.7. The van der Waals surface area contributed by atoms with Crippen LogP contribution < -0.4 is 10.7 Å². The second-order valence-electron chi connectivity index (χ2n) is 7.52. The van der Waals surface area contributed by atoms with E-state index >= 15 is 0 Å². The summed E-state index contributed by atoms with van der Waals surface area (Å²) in [6.45, 7) is 11.1. The van der Waals surface area contributed by atoms with Crippen LogP contribution in [-0.2, 0) is 26.2 Å². The highest BCUT2D eigenvalue weighted by Crippen LogP contribution is 2.15. The van der Waals surface area contributed by atoms with Crippen molar-refractivity contribution in [3.05, 3.63) is 23.5 Å². The van der Waals surface area contributed by atoms with Gasteiger partial charge >= 0.3 is 5.97 Å². The number of aromatic nitrogens is 3. The summed E-state index contributed by atoms with van der Waals surface area (Å²) in [4.78, 5) is 42.8. The molecule has 0 spiro atoms. The molecule has 2 rings (SSSR count). The van der Waals surface area contributed by atoms with E-state index in [0.717, 1.165) is 17.0 Å². The van der Waals surface area contributed by atoms with Crippen molar-refractivity contribution in [2.45, 2.75) is 77.7 Å². The van der Waals surface area contributed by atoms with Crippen LogP contribution in [0.3, 0.4) is 0 Å². The summed E-state index contributed by atoms with van der Waals surface area (Å²) >= 11 is 0. The fourth-order valence-corrected chi connectivity index (χ4v) is 2.13. The lowest BCUT2D eigenvalue weighted by Crippen LogP contribution is -2.24. The van der Waals surface area contributed by atoms with Gasteiger partial charge in [0.1, 0.15) is 0 Å². The molecule has 1 fully saturated rings. The Labute approximate surface area is 224 Å². The number of likely N-dealkylation sites (N-methyl/N-ethyl adjacent to an activating group) is 1. The number of carboxylic acid groups (broad SMARTS) is 1. The van der Waals surface area contributed by atoms with Gasteiger partial charge in [-0.05, 0) is 34.7 Å². The third-order valence-electron chi connectivity index (χ3n) is 3.59. The SMILES string of the molecule is C.C.C.C.CC(=O)NN=C(C)C.CC1CC(=O)N(C)C1=O.CNCC(C)=CC(=O)O.Cc1cn(C)nn1. The van der Waals surface area contributed by atoms with E-state index in [1.54, 1.807) is 25.6 Å². The number of likely N-dealkylation sites (tertiary alicyclic amines) is 1. The number of hydrazone groups is 1. The summed E-state index contributed by atoms with van der Waals surface area (Å²) in [6.07, 6.45) is 3.44. The molecule has 1 aliphatic heterocycles. The van der Waals surface area contributed by atoms with Crippen LogP contribution in [0.15, 0.2) is 22.9 Å². The third kappa shape index (κ3) is 27.0. The van der Waals surface area contributed by atoms with Gasteiger partial charge in [0.2, 0.25) is 17.7 Å². The van der Waals surface area contributed by atoms with E-state index in [4.69, 9.17) is 5.11 Å². The zero-order valence-electron chi connectivity index (χ0n) is 21.0. The summed E-state index contributed by atoms with van der Waals surface area (Å²) in [6, 6.07) is 0. The first-order valence-corrected chi connectivity index (χ1v) is 10.2. The number of nitrogens with zero attached hydrogens (tertiary/aromatic N) is 5. The van der Waals surface area contributed by atoms with Crippen LogP contribution in [-0.4, -0.2) is 75.0 Å². The van der Waals surface area contributed by atoms with Crippen LogP contribution in [0.1, 0.15) is 76.4 Å². The summed E-state index contributed by atoms with van der Waals surface area (Å²) in [5, 5.41) is 22.1. The molecule has 0 radical (unpaired) electrons. The third-order valence-corrected chi connectivity index (χ3v) is 3.59. The topological polar surface area (TPSA) is 159 Å². The molecular weight excluding hydrogens is 478 g/mol. The number of nitrogens with one attached hydrogen (secondary N) is 2. The summed E-state index contributed by atoms with van der Waals surface area (Å²) < 4.78 is 1.68. The van der Waals surface area contributed by atoms with E-state index in [0.29, 0.717) is 13.0 Å². The van der Waals surface area contributed by atoms with Crippen LogP contribution >= 0.6 is 0 Å². The molecule has 37 heavy (non-hydrogen) atoms. The van der Waals surface area contributed by atoms with Crippen LogP contribution in [0, 0.1) is 12.8 Å². The number of rotatable bonds is 4. The Kier molecular flexibility index (Phi) is 32.5. The largest absolute Gasteiger partial charge is 0.478 e. The van der Waals surface area contributed by atoms with Crippen molar-refractivity contribution >= 4 is 29.4 Å². The molecule has 12 nitrogen and oxygen atoms in total. The van der Waals surface area contributed by atoms with Gasteiger partial charge in [-0.15, -0.1) is 5.10 Å². The fraction of sp³-hybridized carbons (Fsp3) is 0.640. The zero-order chi connectivity index (χ0) is 26.1. The van der Waals surface area contributed by atoms with Crippen molar-refractivity contribution in [1.82, 2.24) is 30.6 Å². The number of aryl methyl sites for hydroxylation is 2. The van der Waals surface area contributed by atoms with Crippen molar-refractivity contribution < 1.29 is 24.3 Å². The maximum atomic E-state index is 10.8. The van der Waals surface area contributed by atoms with Crippen LogP contribution in [0.5, 0.6) is 0 Å². The molecule has 2 heterocycles. The lowest BCUT2D eigenvalue weighted by Gasteiger charge is -2.03. The molecule has 12 heteroatoms. The maximum absolute atomic E-state index is 10.8. The van der Waals surface area contributed by atoms with E-state index in [2.05, 4.69) is 26.2 Å². The Balaban J connectivity index is -0.0000000838. The average Bonchev–Trinajstić information content (AvgIpc) is 3.17. The van der Waals surface area contributed by atoms with Gasteiger partial charge in [0.25, 0.3) is 0 Å². The van der Waals surface area contributed by atoms with Gasteiger partial charge in [-0.1, -0.05) is 47.4 Å². The number of carboxylic acids is 1. The summed E-state index contributed by atoms with van der Waals surface area (Å²) in [7, 11) is 5.15. The molecule has 1 aromatic rings. The minimum Gasteiger partial charge on any atom is -0.478 e. The van der Waals surface area contributed by atoms with Crippen molar-refractivity contribution in [2.75, 3.05) is 20.6 Å². The Morgan fingerprint density at radius 3 is 1.81 bits per heavy atom. The second-order valence-corrected chi connectivity index (χ2v) is 7.52. The standard InChI is InChI=1S/C6H9NO2.C6H11NO2.C5H10N2O.C4H7N3.4CH4/c1-4-3-5(8)7(2)6(4)9;1-5(4-7-2)3-6(8)9;1-4(2)6-7-5(3)8;1-4-3-7(2)6-5-4;;;;/h4H,3H2,1-2H3;3,7H,4H2,1-2H3,(H,8,9);1-3H3,(H,7,8);3H,1-2H3;4*1H4. The molecule has 1 aromatic heterocycles. The molecular formula is C25H53N7O5. The quantitative estimate of drug-likeness (QED) is 0.231. The lowest BCUT2D eigenvalue weighted by atomic mass is 10.1. The molecule has 0 aliphatic carbocycles. The molecule has 3 N–H and O–H groups in total. The van der Waals surface area contributed by atoms with E-state index < -0.39 is 5.97 Å². The predicted octanol–water partition coefficient (Wildman–Crippen LogP) is 3.43. The van der Waals surface area contributed by atoms with E-state index in [1.165, 1.54) is 24.9 Å². The van der Waals surface area contributed by atoms with Gasteiger partial charge in [0, 0.05) is 57.9 Å². The minimum absolute atomic E-state index is 0. The number of carbonyl (C=O) groups is 4. The highest BCUT2D eigenvalue weighted by atomic mass is 16.4. The zero-order valence-corrected chi connectivity index (χ0v) is 21.0. The van der Waals surface area contributed by atoms with Crippen molar-refractivity contribution in [2.24, 2.45) is 18.1 Å². The first kappa shape index (κ1) is 46.9. The predicted molar refractivity (Wildman–Crippen MR) is 152 cm³/mol. The summed E-state index contributed by atoms with van der Waals surface area (Å²) in [5.41, 5.74) is 4.93. The molecule has 0 aromatic carbocycles. The number of amides is 3. The molecule has 218 valence electrons. The van der Waals surface area contributed by atoms with Crippen molar-refractivity contribution in [3.63, 3.8) is 0 Å². The first-order valence-electron chi connectivity index (χ1n) is 10.2. The smallest absolute Gasteiger partial charge is 0.328 e. The highest BCUT2D eigenvalue weighted by Gasteiger charge is 2.32. The Morgan fingerprint density at radius 2 is 1.65 bits per heavy atom. The normalized spacial score (nSPS) is 13.1. The number of imide groups is 1. The Hall–Kier alpha value is -3.41. The number of hydrogen-bond acceptors (Lipinski definition) is 8. The fourth-order valence-electron chi connectivity index (χ4n) is 2.13. The van der Waals surface area contributed by atoms with Gasteiger partial charge in [-0.25, -0.2) is 10.2 Å². The molecule has 1 unspecified atom stereocenters. The van der Waals surface area contributed by atoms with E-state index in [9.17, 15) is 19.2 Å². The number of carbonyl (C=O) groups excluding carboxylic acids is 3. The van der Waals surface area contributed by atoms with Gasteiger partial charge in [-0.2, -0.15) is 5.10 Å². The van der Waals surface area contributed by atoms with Gasteiger partial charge in [0.05, 0.1) is 5.69 Å². The highest BCUT2D eigenvalue weighted by molar-refractivity contribution is 6.02. The van der Waals surface area contributed by atoms with Crippen molar-refractivity contribution in [1.29, 1.82) is 0 Å². The number of aliphatic carboxylic acids is 1. The Morgan fingerprint density at radius 1 is 1.14 bits per heavy atom. The van der Waals surface area contributed by atoms with Crippen LogP contribution in [0.2, 0.25) is 0 Å². The van der Waals surface area contributed by atoms with Gasteiger partial charge < -0.3 is 10.4 Å². The maximum Gasteiger partial charge on any atom is 0.328 e. The van der Waals surface area contributed by atoms with Crippen LogP contribution in [0.4, 0.5) is 0 Å². The minimum atomic E-state index is -0.886. The van der Waals surface area contributed by atoms with Gasteiger partial charge in [-0.3, -0.25) is 24.0 Å². The van der Waals surface area contributed by atoms with Gasteiger partial charge in [0.15, 0.2) is 0 Å². The summed E-state index contributed by atoms with van der Waals surface area (Å²) in [5.74, 6) is -1.23. The molecule has 1 saturated heterocycles. The molecule has 3 amide bonds. The molecule has 0 saturated carbocycles. The lowest BCUT2D eigenvalue weighted by molar-refractivity contribution is -0.137. The van der Waals surface area contributed by atoms with E-state index in [-0.39, 0.29) is 53.3 Å². The van der Waals surface area contributed by atoms with Crippen LogP contribution in [0.25, 0.3) is 0 Å². The Bertz CT molecular complexity index is 828. The average molecular weight is 532 g/mol. The molecule has 0 bridgehead atoms. The first-order chi connectivity index (χ1) is 15.2. The number of hydrogen-bond donors (Lipinski definition) is 3. The monoisotopic (exact) mass is 531 g/mol. The van der Waals surface area contributed by atoms with E-state index in [1.807, 2.05) is 34.0 Å². The molecule has 1 atom stereocenters. The van der Waals surface area contributed by atoms with Crippen molar-refractivity contribution in [3.8, 4) is 0 Å². The molecule has 1 aliphatic rings.